The number of para-hydroxylation sites is 1. The monoisotopic (exact) mass is 365 g/mol. The lowest BCUT2D eigenvalue weighted by Crippen LogP contribution is -2.12. The third-order valence-corrected chi connectivity index (χ3v) is 5.05. The van der Waals surface area contributed by atoms with Crippen LogP contribution >= 0.6 is 11.3 Å². The van der Waals surface area contributed by atoms with Crippen molar-refractivity contribution < 1.29 is 9.18 Å². The predicted molar refractivity (Wildman–Crippen MR) is 103 cm³/mol. The Labute approximate surface area is 153 Å². The molecule has 0 aliphatic rings. The van der Waals surface area contributed by atoms with Gasteiger partial charge in [-0.3, -0.25) is 4.79 Å². The number of anilines is 1. The third-order valence-electron chi connectivity index (χ3n) is 4.18. The first-order valence-corrected chi connectivity index (χ1v) is 9.15. The van der Waals surface area contributed by atoms with E-state index < -0.39 is 0 Å². The molecular weight excluding hydrogens is 349 g/mol. The van der Waals surface area contributed by atoms with Gasteiger partial charge in [0.1, 0.15) is 16.5 Å². The molecule has 2 aromatic carbocycles. The van der Waals surface area contributed by atoms with Crippen molar-refractivity contribution >= 4 is 33.8 Å². The van der Waals surface area contributed by atoms with Crippen LogP contribution in [0.5, 0.6) is 0 Å². The van der Waals surface area contributed by atoms with Crippen LogP contribution in [0.15, 0.2) is 60.0 Å². The van der Waals surface area contributed by atoms with Crippen molar-refractivity contribution in [3.63, 3.8) is 0 Å². The van der Waals surface area contributed by atoms with Gasteiger partial charge in [-0.2, -0.15) is 0 Å². The third kappa shape index (κ3) is 2.99. The van der Waals surface area contributed by atoms with E-state index in [0.717, 1.165) is 28.1 Å². The number of hydrogen-bond donors (Lipinski definition) is 1. The van der Waals surface area contributed by atoms with Gasteiger partial charge in [-0.15, -0.1) is 11.3 Å². The van der Waals surface area contributed by atoms with E-state index in [9.17, 15) is 9.18 Å². The van der Waals surface area contributed by atoms with E-state index in [-0.39, 0.29) is 11.7 Å². The van der Waals surface area contributed by atoms with Crippen LogP contribution < -0.4 is 5.32 Å². The van der Waals surface area contributed by atoms with Crippen LogP contribution in [0.25, 0.3) is 21.6 Å². The molecule has 2 heterocycles. The number of halogens is 1. The Balaban J connectivity index is 1.64. The fraction of sp³-hybridized carbons (Fsp3) is 0.100. The fourth-order valence-corrected chi connectivity index (χ4v) is 3.78. The fourth-order valence-electron chi connectivity index (χ4n) is 2.95. The SMILES string of the molecule is CCn1c(-c2nc(C(=O)Nc3ccc(F)cc3)cs2)cc2ccccc21. The molecule has 0 saturated heterocycles. The summed E-state index contributed by atoms with van der Waals surface area (Å²) >= 11 is 1.44. The summed E-state index contributed by atoms with van der Waals surface area (Å²) in [4.78, 5) is 16.9. The molecule has 0 unspecified atom stereocenters. The van der Waals surface area contributed by atoms with E-state index in [2.05, 4.69) is 40.0 Å². The molecule has 130 valence electrons. The Hall–Kier alpha value is -2.99. The number of carbonyl (C=O) groups excluding carboxylic acids is 1. The Morgan fingerprint density at radius 2 is 1.96 bits per heavy atom. The molecule has 0 fully saturated rings. The quantitative estimate of drug-likeness (QED) is 0.542. The number of nitrogens with one attached hydrogen (secondary N) is 1. The van der Waals surface area contributed by atoms with Gasteiger partial charge in [-0.05, 0) is 43.3 Å². The van der Waals surface area contributed by atoms with Crippen molar-refractivity contribution in [2.45, 2.75) is 13.5 Å². The summed E-state index contributed by atoms with van der Waals surface area (Å²) in [5, 5.41) is 6.43. The van der Waals surface area contributed by atoms with Crippen molar-refractivity contribution in [1.29, 1.82) is 0 Å². The first-order chi connectivity index (χ1) is 12.7. The minimum atomic E-state index is -0.341. The number of carbonyl (C=O) groups is 1. The Kier molecular flexibility index (Phi) is 4.26. The van der Waals surface area contributed by atoms with E-state index in [4.69, 9.17) is 0 Å². The normalized spacial score (nSPS) is 11.0. The van der Waals surface area contributed by atoms with Gasteiger partial charge in [-0.25, -0.2) is 9.37 Å². The molecule has 0 aliphatic carbocycles. The van der Waals surface area contributed by atoms with E-state index in [1.807, 2.05) is 12.1 Å². The van der Waals surface area contributed by atoms with Crippen LogP contribution in [-0.4, -0.2) is 15.5 Å². The summed E-state index contributed by atoms with van der Waals surface area (Å²) in [5.41, 5.74) is 3.04. The molecule has 4 nitrogen and oxygen atoms in total. The highest BCUT2D eigenvalue weighted by molar-refractivity contribution is 7.13. The van der Waals surface area contributed by atoms with Crippen molar-refractivity contribution in [2.24, 2.45) is 0 Å². The summed E-state index contributed by atoms with van der Waals surface area (Å²) in [6.07, 6.45) is 0. The molecular formula is C20H16FN3OS. The minimum Gasteiger partial charge on any atom is -0.339 e. The average molecular weight is 365 g/mol. The zero-order valence-electron chi connectivity index (χ0n) is 14.1. The molecule has 0 atom stereocenters. The number of hydrogen-bond acceptors (Lipinski definition) is 3. The van der Waals surface area contributed by atoms with Gasteiger partial charge in [0.15, 0.2) is 0 Å². The number of aromatic nitrogens is 2. The maximum Gasteiger partial charge on any atom is 0.275 e. The van der Waals surface area contributed by atoms with Crippen molar-refractivity contribution in [3.05, 3.63) is 71.5 Å². The first-order valence-electron chi connectivity index (χ1n) is 8.27. The molecule has 4 rings (SSSR count). The summed E-state index contributed by atoms with van der Waals surface area (Å²) in [5.74, 6) is -0.649. The summed E-state index contributed by atoms with van der Waals surface area (Å²) in [6, 6.07) is 15.9. The average Bonchev–Trinajstić information content (AvgIpc) is 3.27. The molecule has 1 amide bonds. The van der Waals surface area contributed by atoms with Crippen LogP contribution in [0, 0.1) is 5.82 Å². The van der Waals surface area contributed by atoms with E-state index in [1.165, 1.54) is 35.6 Å². The standard InChI is InChI=1S/C20H16FN3OS/c1-2-24-17-6-4-3-5-13(17)11-18(24)20-23-16(12-26-20)19(25)22-15-9-7-14(21)8-10-15/h3-12H,2H2,1H3,(H,22,25). The molecule has 1 N–H and O–H groups in total. The summed E-state index contributed by atoms with van der Waals surface area (Å²) < 4.78 is 15.2. The van der Waals surface area contributed by atoms with E-state index in [0.29, 0.717) is 11.4 Å². The van der Waals surface area contributed by atoms with Gasteiger partial charge in [-0.1, -0.05) is 18.2 Å². The zero-order valence-corrected chi connectivity index (χ0v) is 14.9. The van der Waals surface area contributed by atoms with E-state index >= 15 is 0 Å². The van der Waals surface area contributed by atoms with Gasteiger partial charge in [0.05, 0.1) is 5.69 Å². The molecule has 0 spiro atoms. The second-order valence-electron chi connectivity index (χ2n) is 5.83. The molecule has 0 radical (unpaired) electrons. The number of aryl methyl sites for hydroxylation is 1. The lowest BCUT2D eigenvalue weighted by molar-refractivity contribution is 0.102. The Morgan fingerprint density at radius 1 is 1.19 bits per heavy atom. The second kappa shape index (κ2) is 6.72. The molecule has 4 aromatic rings. The Bertz CT molecular complexity index is 1080. The number of thiazole rings is 1. The van der Waals surface area contributed by atoms with Crippen LogP contribution in [0.3, 0.4) is 0 Å². The van der Waals surface area contributed by atoms with Gasteiger partial charge in [0.25, 0.3) is 5.91 Å². The van der Waals surface area contributed by atoms with Crippen LogP contribution in [0.2, 0.25) is 0 Å². The van der Waals surface area contributed by atoms with Crippen LogP contribution in [0.1, 0.15) is 17.4 Å². The number of fused-ring (bicyclic) bond motifs is 1. The van der Waals surface area contributed by atoms with Crippen molar-refractivity contribution in [2.75, 3.05) is 5.32 Å². The first kappa shape index (κ1) is 16.5. The highest BCUT2D eigenvalue weighted by Gasteiger charge is 2.16. The van der Waals surface area contributed by atoms with Crippen LogP contribution in [0.4, 0.5) is 10.1 Å². The number of benzene rings is 2. The maximum absolute atomic E-state index is 13.0. The molecule has 0 bridgehead atoms. The Morgan fingerprint density at radius 3 is 2.73 bits per heavy atom. The lowest BCUT2D eigenvalue weighted by Gasteiger charge is -2.05. The minimum absolute atomic E-state index is 0.307. The summed E-state index contributed by atoms with van der Waals surface area (Å²) in [7, 11) is 0. The van der Waals surface area contributed by atoms with E-state index in [1.54, 1.807) is 5.38 Å². The maximum atomic E-state index is 13.0. The smallest absolute Gasteiger partial charge is 0.275 e. The molecule has 6 heteroatoms. The number of amides is 1. The lowest BCUT2D eigenvalue weighted by atomic mass is 10.2. The topological polar surface area (TPSA) is 46.9 Å². The number of rotatable bonds is 4. The molecule has 0 aliphatic heterocycles. The highest BCUT2D eigenvalue weighted by Crippen LogP contribution is 2.30. The molecule has 0 saturated carbocycles. The van der Waals surface area contributed by atoms with Gasteiger partial charge >= 0.3 is 0 Å². The zero-order chi connectivity index (χ0) is 18.1. The second-order valence-corrected chi connectivity index (χ2v) is 6.69. The highest BCUT2D eigenvalue weighted by atomic mass is 32.1. The van der Waals surface area contributed by atoms with Gasteiger partial charge in [0.2, 0.25) is 0 Å². The summed E-state index contributed by atoms with van der Waals surface area (Å²) in [6.45, 7) is 2.91. The van der Waals surface area contributed by atoms with Gasteiger partial charge < -0.3 is 9.88 Å². The van der Waals surface area contributed by atoms with Gasteiger partial charge in [0, 0.05) is 28.5 Å². The molecule has 26 heavy (non-hydrogen) atoms. The van der Waals surface area contributed by atoms with Crippen molar-refractivity contribution in [1.82, 2.24) is 9.55 Å². The number of nitrogens with zero attached hydrogens (tertiary/aromatic N) is 2. The largest absolute Gasteiger partial charge is 0.339 e. The predicted octanol–water partition coefficient (Wildman–Crippen LogP) is 5.18. The molecule has 2 aromatic heterocycles. The van der Waals surface area contributed by atoms with Crippen LogP contribution in [-0.2, 0) is 6.54 Å². The van der Waals surface area contributed by atoms with Crippen molar-refractivity contribution in [3.8, 4) is 10.7 Å².